The quantitative estimate of drug-likeness (QED) is 0.676. The zero-order chi connectivity index (χ0) is 13.4. The third-order valence-corrected chi connectivity index (χ3v) is 3.45. The molecular formula is C15H32N2O. The average molecular weight is 256 g/mol. The predicted molar refractivity (Wildman–Crippen MR) is 78.1 cm³/mol. The second-order valence-corrected chi connectivity index (χ2v) is 6.04. The van der Waals surface area contributed by atoms with Crippen molar-refractivity contribution in [3.05, 3.63) is 0 Å². The van der Waals surface area contributed by atoms with Gasteiger partial charge in [0, 0.05) is 19.1 Å². The molecule has 0 aromatic heterocycles. The number of unbranched alkanes of at least 4 members (excludes halogenated alkanes) is 3. The SMILES string of the molecule is CC(C)NCCCCCCN1C[C@@H](C)O[C@@H](C)C1. The number of morpholine rings is 1. The summed E-state index contributed by atoms with van der Waals surface area (Å²) in [7, 11) is 0. The summed E-state index contributed by atoms with van der Waals surface area (Å²) in [6, 6.07) is 0.626. The van der Waals surface area contributed by atoms with E-state index in [2.05, 4.69) is 37.9 Å². The largest absolute Gasteiger partial charge is 0.373 e. The van der Waals surface area contributed by atoms with Gasteiger partial charge in [0.2, 0.25) is 0 Å². The lowest BCUT2D eigenvalue weighted by atomic mass is 10.1. The van der Waals surface area contributed by atoms with E-state index in [9.17, 15) is 0 Å². The molecule has 1 aliphatic heterocycles. The first-order valence-corrected chi connectivity index (χ1v) is 7.69. The van der Waals surface area contributed by atoms with Gasteiger partial charge in [0.15, 0.2) is 0 Å². The van der Waals surface area contributed by atoms with Crippen LogP contribution in [-0.4, -0.2) is 49.3 Å². The molecule has 1 rings (SSSR count). The summed E-state index contributed by atoms with van der Waals surface area (Å²) in [5.41, 5.74) is 0. The Bertz CT molecular complexity index is 199. The van der Waals surface area contributed by atoms with Crippen LogP contribution in [-0.2, 0) is 4.74 Å². The molecule has 1 aliphatic rings. The van der Waals surface area contributed by atoms with Gasteiger partial charge in [-0.3, -0.25) is 4.90 Å². The third kappa shape index (κ3) is 7.34. The molecule has 2 atom stereocenters. The Morgan fingerprint density at radius 1 is 1.06 bits per heavy atom. The zero-order valence-corrected chi connectivity index (χ0v) is 12.7. The smallest absolute Gasteiger partial charge is 0.0678 e. The fourth-order valence-electron chi connectivity index (χ4n) is 2.67. The van der Waals surface area contributed by atoms with Crippen molar-refractivity contribution in [3.8, 4) is 0 Å². The van der Waals surface area contributed by atoms with E-state index in [0.717, 1.165) is 13.1 Å². The first-order chi connectivity index (χ1) is 8.58. The summed E-state index contributed by atoms with van der Waals surface area (Å²) >= 11 is 0. The van der Waals surface area contributed by atoms with E-state index in [1.54, 1.807) is 0 Å². The number of hydrogen-bond donors (Lipinski definition) is 1. The summed E-state index contributed by atoms with van der Waals surface area (Å²) < 4.78 is 5.75. The van der Waals surface area contributed by atoms with E-state index < -0.39 is 0 Å². The van der Waals surface area contributed by atoms with Crippen molar-refractivity contribution in [2.75, 3.05) is 26.2 Å². The fourth-order valence-corrected chi connectivity index (χ4v) is 2.67. The molecule has 0 saturated carbocycles. The van der Waals surface area contributed by atoms with Gasteiger partial charge in [-0.15, -0.1) is 0 Å². The molecule has 108 valence electrons. The maximum atomic E-state index is 5.75. The number of hydrogen-bond acceptors (Lipinski definition) is 3. The van der Waals surface area contributed by atoms with E-state index in [1.807, 2.05) is 0 Å². The standard InChI is InChI=1S/C15H32N2O/c1-13(2)16-9-7-5-6-8-10-17-11-14(3)18-15(4)12-17/h13-16H,5-12H2,1-4H3/t14-,15+. The van der Waals surface area contributed by atoms with Crippen LogP contribution in [0, 0.1) is 0 Å². The molecule has 0 unspecified atom stereocenters. The molecule has 1 saturated heterocycles. The van der Waals surface area contributed by atoms with Crippen LogP contribution in [0.3, 0.4) is 0 Å². The third-order valence-electron chi connectivity index (χ3n) is 3.45. The Morgan fingerprint density at radius 3 is 2.28 bits per heavy atom. The highest BCUT2D eigenvalue weighted by Crippen LogP contribution is 2.11. The molecule has 0 aromatic carbocycles. The average Bonchev–Trinajstić information content (AvgIpc) is 2.26. The van der Waals surface area contributed by atoms with Crippen LogP contribution < -0.4 is 5.32 Å². The van der Waals surface area contributed by atoms with Gasteiger partial charge in [0.05, 0.1) is 12.2 Å². The second-order valence-electron chi connectivity index (χ2n) is 6.04. The predicted octanol–water partition coefficient (Wildman–Crippen LogP) is 2.65. The highest BCUT2D eigenvalue weighted by molar-refractivity contribution is 4.72. The molecule has 1 heterocycles. The number of nitrogens with zero attached hydrogens (tertiary/aromatic N) is 1. The fraction of sp³-hybridized carbons (Fsp3) is 1.00. The van der Waals surface area contributed by atoms with Gasteiger partial charge in [-0.2, -0.15) is 0 Å². The monoisotopic (exact) mass is 256 g/mol. The van der Waals surface area contributed by atoms with E-state index in [4.69, 9.17) is 4.74 Å². The maximum absolute atomic E-state index is 5.75. The van der Waals surface area contributed by atoms with Crippen LogP contribution in [0.15, 0.2) is 0 Å². The van der Waals surface area contributed by atoms with Crippen LogP contribution >= 0.6 is 0 Å². The number of rotatable bonds is 8. The molecule has 3 nitrogen and oxygen atoms in total. The molecule has 0 spiro atoms. The molecule has 0 aromatic rings. The summed E-state index contributed by atoms with van der Waals surface area (Å²) in [6.45, 7) is 13.4. The van der Waals surface area contributed by atoms with Gasteiger partial charge < -0.3 is 10.1 Å². The van der Waals surface area contributed by atoms with Gasteiger partial charge in [-0.1, -0.05) is 26.7 Å². The summed E-state index contributed by atoms with van der Waals surface area (Å²) in [6.07, 6.45) is 6.18. The topological polar surface area (TPSA) is 24.5 Å². The molecule has 18 heavy (non-hydrogen) atoms. The van der Waals surface area contributed by atoms with Crippen molar-refractivity contribution in [1.29, 1.82) is 0 Å². The molecule has 0 amide bonds. The van der Waals surface area contributed by atoms with Gasteiger partial charge >= 0.3 is 0 Å². The Labute approximate surface area is 113 Å². The van der Waals surface area contributed by atoms with E-state index >= 15 is 0 Å². The minimum atomic E-state index is 0.406. The Morgan fingerprint density at radius 2 is 1.67 bits per heavy atom. The normalized spacial score (nSPS) is 25.8. The summed E-state index contributed by atoms with van der Waals surface area (Å²) in [5, 5.41) is 3.47. The molecular weight excluding hydrogens is 224 g/mol. The van der Waals surface area contributed by atoms with Crippen molar-refractivity contribution >= 4 is 0 Å². The second kappa shape index (κ2) is 8.89. The van der Waals surface area contributed by atoms with Crippen molar-refractivity contribution in [3.63, 3.8) is 0 Å². The van der Waals surface area contributed by atoms with Crippen LogP contribution in [0.5, 0.6) is 0 Å². The maximum Gasteiger partial charge on any atom is 0.0678 e. The van der Waals surface area contributed by atoms with Crippen molar-refractivity contribution in [2.24, 2.45) is 0 Å². The Balaban J connectivity index is 1.94. The van der Waals surface area contributed by atoms with E-state index in [1.165, 1.54) is 38.8 Å². The van der Waals surface area contributed by atoms with Crippen molar-refractivity contribution in [1.82, 2.24) is 10.2 Å². The van der Waals surface area contributed by atoms with Gasteiger partial charge in [0.1, 0.15) is 0 Å². The van der Waals surface area contributed by atoms with Crippen LogP contribution in [0.25, 0.3) is 0 Å². The molecule has 1 N–H and O–H groups in total. The first-order valence-electron chi connectivity index (χ1n) is 7.69. The molecule has 0 radical (unpaired) electrons. The van der Waals surface area contributed by atoms with Crippen LogP contribution in [0.2, 0.25) is 0 Å². The Kier molecular flexibility index (Phi) is 7.87. The lowest BCUT2D eigenvalue weighted by Crippen LogP contribution is -2.45. The molecule has 3 heteroatoms. The van der Waals surface area contributed by atoms with Gasteiger partial charge in [0.25, 0.3) is 0 Å². The lowest BCUT2D eigenvalue weighted by Gasteiger charge is -2.35. The number of nitrogens with one attached hydrogen (secondary N) is 1. The molecule has 0 bridgehead atoms. The molecule has 1 fully saturated rings. The molecule has 0 aliphatic carbocycles. The minimum absolute atomic E-state index is 0.406. The van der Waals surface area contributed by atoms with Gasteiger partial charge in [-0.25, -0.2) is 0 Å². The van der Waals surface area contributed by atoms with Crippen molar-refractivity contribution in [2.45, 2.75) is 71.6 Å². The highest BCUT2D eigenvalue weighted by atomic mass is 16.5. The first kappa shape index (κ1) is 15.9. The zero-order valence-electron chi connectivity index (χ0n) is 12.7. The van der Waals surface area contributed by atoms with E-state index in [-0.39, 0.29) is 0 Å². The van der Waals surface area contributed by atoms with Crippen molar-refractivity contribution < 1.29 is 4.74 Å². The van der Waals surface area contributed by atoms with Crippen LogP contribution in [0.1, 0.15) is 53.4 Å². The Hall–Kier alpha value is -0.120. The highest BCUT2D eigenvalue weighted by Gasteiger charge is 2.21. The number of ether oxygens (including phenoxy) is 1. The lowest BCUT2D eigenvalue weighted by molar-refractivity contribution is -0.0681. The summed E-state index contributed by atoms with van der Waals surface area (Å²) in [5.74, 6) is 0. The summed E-state index contributed by atoms with van der Waals surface area (Å²) in [4.78, 5) is 2.56. The van der Waals surface area contributed by atoms with E-state index in [0.29, 0.717) is 18.2 Å². The minimum Gasteiger partial charge on any atom is -0.373 e. The van der Waals surface area contributed by atoms with Crippen LogP contribution in [0.4, 0.5) is 0 Å². The van der Waals surface area contributed by atoms with Gasteiger partial charge in [-0.05, 0) is 39.8 Å².